The van der Waals surface area contributed by atoms with Crippen LogP contribution in [0.25, 0.3) is 0 Å². The van der Waals surface area contributed by atoms with Gasteiger partial charge in [0.15, 0.2) is 11.6 Å². The Morgan fingerprint density at radius 2 is 1.67 bits per heavy atom. The van der Waals surface area contributed by atoms with Gasteiger partial charge in [0, 0.05) is 44.8 Å². The van der Waals surface area contributed by atoms with Crippen molar-refractivity contribution < 1.29 is 22.7 Å². The molecular formula is C16H15F3N6O2. The minimum Gasteiger partial charge on any atom is -0.433 e. The Morgan fingerprint density at radius 1 is 1.00 bits per heavy atom. The molecule has 1 aliphatic heterocycles. The summed E-state index contributed by atoms with van der Waals surface area (Å²) in [6.45, 7) is 2.57. The molecule has 3 heterocycles. The Balaban J connectivity index is 1.71. The molecule has 8 nitrogen and oxygen atoms in total. The summed E-state index contributed by atoms with van der Waals surface area (Å²) in [5, 5.41) is 0. The molecule has 0 atom stereocenters. The summed E-state index contributed by atoms with van der Waals surface area (Å²) in [6, 6.07) is 0. The smallest absolute Gasteiger partial charge is 0.433 e. The van der Waals surface area contributed by atoms with Crippen molar-refractivity contribution in [1.82, 2.24) is 24.8 Å². The summed E-state index contributed by atoms with van der Waals surface area (Å²) >= 11 is 0. The van der Waals surface area contributed by atoms with Crippen LogP contribution in [0.1, 0.15) is 5.82 Å². The molecular weight excluding hydrogens is 365 g/mol. The number of halogens is 3. The number of alkyl halides is 3. The van der Waals surface area contributed by atoms with Gasteiger partial charge in [-0.15, -0.1) is 0 Å². The van der Waals surface area contributed by atoms with Gasteiger partial charge < -0.3 is 14.5 Å². The average molecular weight is 380 g/mol. The lowest BCUT2D eigenvalue weighted by Crippen LogP contribution is -2.44. The molecule has 2 aromatic rings. The number of aldehydes is 1. The third-order valence-electron chi connectivity index (χ3n) is 3.73. The molecule has 1 fully saturated rings. The Kier molecular flexibility index (Phi) is 5.48. The van der Waals surface area contributed by atoms with Crippen molar-refractivity contribution in [3.63, 3.8) is 0 Å². The maximum atomic E-state index is 12.5. The summed E-state index contributed by atoms with van der Waals surface area (Å²) < 4.78 is 43.2. The molecule has 0 amide bonds. The summed E-state index contributed by atoms with van der Waals surface area (Å²) in [5.41, 5.74) is 0. The fourth-order valence-electron chi connectivity index (χ4n) is 2.47. The molecule has 11 heteroatoms. The summed E-state index contributed by atoms with van der Waals surface area (Å²) in [4.78, 5) is 29.2. The van der Waals surface area contributed by atoms with Gasteiger partial charge in [-0.05, 0) is 6.08 Å². The first kappa shape index (κ1) is 18.5. The molecule has 0 aromatic carbocycles. The number of carbonyl (C=O) groups is 1. The second kappa shape index (κ2) is 7.98. The van der Waals surface area contributed by atoms with Crippen molar-refractivity contribution in [2.75, 3.05) is 31.1 Å². The van der Waals surface area contributed by atoms with Gasteiger partial charge in [-0.2, -0.15) is 13.2 Å². The zero-order valence-electron chi connectivity index (χ0n) is 14.0. The van der Waals surface area contributed by atoms with Crippen LogP contribution in [-0.2, 0) is 11.0 Å². The van der Waals surface area contributed by atoms with E-state index in [1.807, 2.05) is 9.80 Å². The first-order chi connectivity index (χ1) is 13.0. The molecule has 0 N–H and O–H groups in total. The SMILES string of the molecule is O=CC=CN1CCN(c2nccnc2Oc2cnc(C(F)(F)F)nc2)CC1. The molecule has 2 aromatic heterocycles. The van der Waals surface area contributed by atoms with Crippen LogP contribution in [0.3, 0.4) is 0 Å². The lowest BCUT2D eigenvalue weighted by molar-refractivity contribution is -0.145. The predicted octanol–water partition coefficient (Wildman–Crippen LogP) is 1.91. The van der Waals surface area contributed by atoms with Crippen LogP contribution in [-0.4, -0.2) is 57.3 Å². The molecule has 3 rings (SSSR count). The molecule has 0 bridgehead atoms. The van der Waals surface area contributed by atoms with Gasteiger partial charge in [0.05, 0.1) is 12.4 Å². The standard InChI is InChI=1S/C16H15F3N6O2/c17-16(18,19)15-22-10-12(11-23-15)27-14-13(20-2-3-21-14)25-7-5-24(6-8-25)4-1-9-26/h1-4,9-11H,5-8H2. The number of rotatable bonds is 5. The Labute approximate surface area is 152 Å². The normalized spacial score (nSPS) is 15.2. The molecule has 1 aliphatic rings. The van der Waals surface area contributed by atoms with Crippen molar-refractivity contribution in [1.29, 1.82) is 0 Å². The van der Waals surface area contributed by atoms with E-state index < -0.39 is 12.0 Å². The van der Waals surface area contributed by atoms with Crippen LogP contribution in [0.15, 0.2) is 37.1 Å². The zero-order valence-corrected chi connectivity index (χ0v) is 14.0. The molecule has 142 valence electrons. The monoisotopic (exact) mass is 380 g/mol. The van der Waals surface area contributed by atoms with E-state index in [-0.39, 0.29) is 11.6 Å². The molecule has 0 radical (unpaired) electrons. The van der Waals surface area contributed by atoms with Gasteiger partial charge in [0.25, 0.3) is 5.88 Å². The van der Waals surface area contributed by atoms with E-state index in [9.17, 15) is 18.0 Å². The maximum absolute atomic E-state index is 12.5. The fraction of sp³-hybridized carbons (Fsp3) is 0.312. The number of ether oxygens (including phenoxy) is 1. The highest BCUT2D eigenvalue weighted by molar-refractivity contribution is 5.64. The van der Waals surface area contributed by atoms with Crippen molar-refractivity contribution in [2.45, 2.75) is 6.18 Å². The summed E-state index contributed by atoms with van der Waals surface area (Å²) in [7, 11) is 0. The number of allylic oxidation sites excluding steroid dienone is 1. The van der Waals surface area contributed by atoms with Crippen molar-refractivity contribution in [2.24, 2.45) is 0 Å². The summed E-state index contributed by atoms with van der Waals surface area (Å²) in [6.07, 6.45) is 4.06. The van der Waals surface area contributed by atoms with Crippen molar-refractivity contribution >= 4 is 12.1 Å². The Hall–Kier alpha value is -3.24. The Bertz CT molecular complexity index is 805. The maximum Gasteiger partial charge on any atom is 0.451 e. The number of nitrogens with zero attached hydrogens (tertiary/aromatic N) is 6. The predicted molar refractivity (Wildman–Crippen MR) is 88.1 cm³/mol. The van der Waals surface area contributed by atoms with Crippen LogP contribution in [0.5, 0.6) is 11.6 Å². The number of piperazine rings is 1. The Morgan fingerprint density at radius 3 is 2.30 bits per heavy atom. The van der Waals surface area contributed by atoms with Gasteiger partial charge >= 0.3 is 6.18 Å². The number of aromatic nitrogens is 4. The first-order valence-electron chi connectivity index (χ1n) is 7.96. The van der Waals surface area contributed by atoms with E-state index in [4.69, 9.17) is 4.74 Å². The van der Waals surface area contributed by atoms with E-state index in [1.54, 1.807) is 6.20 Å². The molecule has 0 saturated carbocycles. The molecule has 1 saturated heterocycles. The van der Waals surface area contributed by atoms with Crippen LogP contribution >= 0.6 is 0 Å². The van der Waals surface area contributed by atoms with Gasteiger partial charge in [-0.25, -0.2) is 19.9 Å². The van der Waals surface area contributed by atoms with Crippen molar-refractivity contribution in [3.8, 4) is 11.6 Å². The van der Waals surface area contributed by atoms with E-state index in [0.29, 0.717) is 38.3 Å². The second-order valence-corrected chi connectivity index (χ2v) is 5.53. The third-order valence-corrected chi connectivity index (χ3v) is 3.73. The topological polar surface area (TPSA) is 84.3 Å². The summed E-state index contributed by atoms with van der Waals surface area (Å²) in [5.74, 6) is -0.597. The largest absolute Gasteiger partial charge is 0.451 e. The van der Waals surface area contributed by atoms with Gasteiger partial charge in [-0.1, -0.05) is 0 Å². The highest BCUT2D eigenvalue weighted by Gasteiger charge is 2.34. The van der Waals surface area contributed by atoms with Gasteiger partial charge in [0.1, 0.15) is 6.29 Å². The van der Waals surface area contributed by atoms with Crippen LogP contribution in [0.4, 0.5) is 19.0 Å². The van der Waals surface area contributed by atoms with Crippen LogP contribution < -0.4 is 9.64 Å². The fourth-order valence-corrected chi connectivity index (χ4v) is 2.47. The van der Waals surface area contributed by atoms with Crippen molar-refractivity contribution in [3.05, 3.63) is 42.9 Å². The van der Waals surface area contributed by atoms with E-state index in [2.05, 4.69) is 19.9 Å². The minimum absolute atomic E-state index is 0.0253. The van der Waals surface area contributed by atoms with Gasteiger partial charge in [0.2, 0.25) is 5.82 Å². The molecule has 0 unspecified atom stereocenters. The van der Waals surface area contributed by atoms with E-state index in [0.717, 1.165) is 12.4 Å². The van der Waals surface area contributed by atoms with Gasteiger partial charge in [-0.3, -0.25) is 4.79 Å². The lowest BCUT2D eigenvalue weighted by Gasteiger charge is -2.34. The highest BCUT2D eigenvalue weighted by Crippen LogP contribution is 2.30. The molecule has 0 aliphatic carbocycles. The molecule has 27 heavy (non-hydrogen) atoms. The van der Waals surface area contributed by atoms with Crippen LogP contribution in [0, 0.1) is 0 Å². The molecule has 0 spiro atoms. The number of hydrogen-bond donors (Lipinski definition) is 0. The quantitative estimate of drug-likeness (QED) is 0.575. The number of carbonyl (C=O) groups excluding carboxylic acids is 1. The lowest BCUT2D eigenvalue weighted by atomic mass is 10.3. The first-order valence-corrected chi connectivity index (χ1v) is 7.96. The average Bonchev–Trinajstić information content (AvgIpc) is 2.67. The van der Waals surface area contributed by atoms with Crippen LogP contribution in [0.2, 0.25) is 0 Å². The second-order valence-electron chi connectivity index (χ2n) is 5.53. The highest BCUT2D eigenvalue weighted by atomic mass is 19.4. The minimum atomic E-state index is -4.62. The third kappa shape index (κ3) is 4.68. The van der Waals surface area contributed by atoms with E-state index in [1.165, 1.54) is 18.5 Å². The zero-order chi connectivity index (χ0) is 19.3. The van der Waals surface area contributed by atoms with E-state index >= 15 is 0 Å². The number of hydrogen-bond acceptors (Lipinski definition) is 8. The number of anilines is 1.